The minimum Gasteiger partial charge on any atom is -0.468 e. The van der Waals surface area contributed by atoms with Gasteiger partial charge in [0.1, 0.15) is 11.3 Å². The van der Waals surface area contributed by atoms with Gasteiger partial charge in [-0.3, -0.25) is 10.1 Å². The van der Waals surface area contributed by atoms with Crippen molar-refractivity contribution >= 4 is 32.4 Å². The topological polar surface area (TPSA) is 114 Å². The lowest BCUT2D eigenvalue weighted by Gasteiger charge is -2.06. The fourth-order valence-corrected chi connectivity index (χ4v) is 3.28. The SMILES string of the molecule is O=C(Nc1nncs1)c1ccc(S(=O)(=O)NCc2ccco2)cc1. The predicted molar refractivity (Wildman–Crippen MR) is 87.0 cm³/mol. The monoisotopic (exact) mass is 364 g/mol. The number of nitrogens with one attached hydrogen (secondary N) is 2. The van der Waals surface area contributed by atoms with Gasteiger partial charge >= 0.3 is 0 Å². The molecule has 0 aliphatic heterocycles. The van der Waals surface area contributed by atoms with Crippen molar-refractivity contribution in [3.05, 3.63) is 59.5 Å². The first-order chi connectivity index (χ1) is 11.5. The van der Waals surface area contributed by atoms with Crippen LogP contribution in [0.2, 0.25) is 0 Å². The minimum absolute atomic E-state index is 0.0502. The van der Waals surface area contributed by atoms with Gasteiger partial charge in [-0.15, -0.1) is 10.2 Å². The average Bonchev–Trinajstić information content (AvgIpc) is 3.27. The minimum atomic E-state index is -3.69. The quantitative estimate of drug-likeness (QED) is 0.690. The summed E-state index contributed by atoms with van der Waals surface area (Å²) in [5, 5.41) is 10.3. The highest BCUT2D eigenvalue weighted by atomic mass is 32.2. The van der Waals surface area contributed by atoms with Crippen LogP contribution >= 0.6 is 11.3 Å². The molecule has 0 saturated carbocycles. The number of amides is 1. The molecule has 2 aromatic heterocycles. The van der Waals surface area contributed by atoms with E-state index in [1.54, 1.807) is 12.1 Å². The van der Waals surface area contributed by atoms with Crippen LogP contribution in [0.3, 0.4) is 0 Å². The zero-order chi connectivity index (χ0) is 17.0. The molecule has 3 aromatic rings. The fraction of sp³-hybridized carbons (Fsp3) is 0.0714. The molecule has 3 rings (SSSR count). The molecule has 0 aliphatic carbocycles. The average molecular weight is 364 g/mol. The Morgan fingerprint density at radius 1 is 1.21 bits per heavy atom. The first-order valence-corrected chi connectivity index (χ1v) is 9.10. The van der Waals surface area contributed by atoms with E-state index in [-0.39, 0.29) is 17.3 Å². The Morgan fingerprint density at radius 3 is 2.62 bits per heavy atom. The maximum Gasteiger partial charge on any atom is 0.257 e. The predicted octanol–water partition coefficient (Wildman–Crippen LogP) is 1.86. The van der Waals surface area contributed by atoms with Crippen LogP contribution in [0.15, 0.2) is 57.5 Å². The van der Waals surface area contributed by atoms with Gasteiger partial charge in [0.15, 0.2) is 0 Å². The van der Waals surface area contributed by atoms with E-state index in [9.17, 15) is 13.2 Å². The number of sulfonamides is 1. The van der Waals surface area contributed by atoms with Crippen molar-refractivity contribution < 1.29 is 17.6 Å². The number of carbonyl (C=O) groups excluding carboxylic acids is 1. The van der Waals surface area contributed by atoms with Crippen molar-refractivity contribution in [3.8, 4) is 0 Å². The van der Waals surface area contributed by atoms with E-state index in [1.165, 1.54) is 47.4 Å². The third-order valence-corrected chi connectivity index (χ3v) is 5.05. The van der Waals surface area contributed by atoms with Gasteiger partial charge in [-0.05, 0) is 36.4 Å². The van der Waals surface area contributed by atoms with Crippen LogP contribution in [0, 0.1) is 0 Å². The molecule has 24 heavy (non-hydrogen) atoms. The molecule has 2 heterocycles. The van der Waals surface area contributed by atoms with Crippen molar-refractivity contribution in [1.82, 2.24) is 14.9 Å². The third kappa shape index (κ3) is 3.85. The Morgan fingerprint density at radius 2 is 2.00 bits per heavy atom. The van der Waals surface area contributed by atoms with Crippen LogP contribution < -0.4 is 10.0 Å². The number of nitrogens with zero attached hydrogens (tertiary/aromatic N) is 2. The van der Waals surface area contributed by atoms with E-state index in [1.807, 2.05) is 0 Å². The van der Waals surface area contributed by atoms with E-state index < -0.39 is 10.0 Å². The molecule has 0 bridgehead atoms. The van der Waals surface area contributed by atoms with Crippen molar-refractivity contribution in [3.63, 3.8) is 0 Å². The molecular weight excluding hydrogens is 352 g/mol. The van der Waals surface area contributed by atoms with Crippen LogP contribution in [0.4, 0.5) is 5.13 Å². The van der Waals surface area contributed by atoms with Gasteiger partial charge in [0.25, 0.3) is 5.91 Å². The van der Waals surface area contributed by atoms with Crippen molar-refractivity contribution in [2.75, 3.05) is 5.32 Å². The summed E-state index contributed by atoms with van der Waals surface area (Å²) in [7, 11) is -3.69. The molecule has 1 amide bonds. The Labute approximate surface area is 141 Å². The molecule has 0 radical (unpaired) electrons. The summed E-state index contributed by atoms with van der Waals surface area (Å²) in [5.41, 5.74) is 1.81. The lowest BCUT2D eigenvalue weighted by Crippen LogP contribution is -2.23. The van der Waals surface area contributed by atoms with E-state index >= 15 is 0 Å². The van der Waals surface area contributed by atoms with Gasteiger partial charge in [-0.1, -0.05) is 11.3 Å². The highest BCUT2D eigenvalue weighted by Gasteiger charge is 2.15. The lowest BCUT2D eigenvalue weighted by molar-refractivity contribution is 0.102. The summed E-state index contributed by atoms with van der Waals surface area (Å²) in [6.45, 7) is 0.0502. The third-order valence-electron chi connectivity index (χ3n) is 3.02. The van der Waals surface area contributed by atoms with Gasteiger partial charge < -0.3 is 4.42 Å². The standard InChI is InChI=1S/C14H12N4O4S2/c19-13(17-14-18-15-9-23-14)10-3-5-12(6-4-10)24(20,21)16-8-11-2-1-7-22-11/h1-7,9,16H,8H2,(H,17,18,19). The zero-order valence-corrected chi connectivity index (χ0v) is 13.8. The second kappa shape index (κ2) is 6.91. The van der Waals surface area contributed by atoms with E-state index in [4.69, 9.17) is 4.42 Å². The molecule has 0 fully saturated rings. The molecule has 0 atom stereocenters. The molecule has 124 valence electrons. The summed E-state index contributed by atoms with van der Waals surface area (Å²) in [6, 6.07) is 8.92. The fourth-order valence-electron chi connectivity index (χ4n) is 1.84. The molecule has 0 unspecified atom stereocenters. The highest BCUT2D eigenvalue weighted by molar-refractivity contribution is 7.89. The number of anilines is 1. The molecule has 8 nitrogen and oxygen atoms in total. The number of aromatic nitrogens is 2. The number of hydrogen-bond donors (Lipinski definition) is 2. The van der Waals surface area contributed by atoms with Crippen molar-refractivity contribution in [1.29, 1.82) is 0 Å². The number of furan rings is 1. The Kier molecular flexibility index (Phi) is 4.69. The molecule has 1 aromatic carbocycles. The molecule has 2 N–H and O–H groups in total. The first kappa shape index (κ1) is 16.3. The van der Waals surface area contributed by atoms with Gasteiger partial charge in [0, 0.05) is 5.56 Å². The van der Waals surface area contributed by atoms with Gasteiger partial charge in [-0.25, -0.2) is 13.1 Å². The van der Waals surface area contributed by atoms with Crippen LogP contribution in [0.1, 0.15) is 16.1 Å². The van der Waals surface area contributed by atoms with Crippen LogP contribution in [0.5, 0.6) is 0 Å². The van der Waals surface area contributed by atoms with Crippen LogP contribution in [-0.2, 0) is 16.6 Å². The zero-order valence-electron chi connectivity index (χ0n) is 12.2. The van der Waals surface area contributed by atoms with Gasteiger partial charge in [-0.2, -0.15) is 0 Å². The van der Waals surface area contributed by atoms with Crippen LogP contribution in [0.25, 0.3) is 0 Å². The summed E-state index contributed by atoms with van der Waals surface area (Å²) in [4.78, 5) is 12.1. The molecular formula is C14H12N4O4S2. The first-order valence-electron chi connectivity index (χ1n) is 6.74. The maximum atomic E-state index is 12.2. The second-order valence-corrected chi connectivity index (χ2v) is 7.23. The summed E-state index contributed by atoms with van der Waals surface area (Å²) < 4.78 is 31.9. The Bertz CT molecular complexity index is 904. The van der Waals surface area contributed by atoms with Crippen molar-refractivity contribution in [2.45, 2.75) is 11.4 Å². The smallest absolute Gasteiger partial charge is 0.257 e. The van der Waals surface area contributed by atoms with Gasteiger partial charge in [0.2, 0.25) is 15.2 Å². The largest absolute Gasteiger partial charge is 0.468 e. The second-order valence-electron chi connectivity index (χ2n) is 4.63. The van der Waals surface area contributed by atoms with Crippen molar-refractivity contribution in [2.24, 2.45) is 0 Å². The van der Waals surface area contributed by atoms with E-state index in [0.29, 0.717) is 16.5 Å². The number of rotatable bonds is 6. The Balaban J connectivity index is 1.67. The molecule has 0 spiro atoms. The van der Waals surface area contributed by atoms with Crippen LogP contribution in [-0.4, -0.2) is 24.5 Å². The number of carbonyl (C=O) groups is 1. The summed E-state index contributed by atoms with van der Waals surface area (Å²) in [5.74, 6) is 0.117. The summed E-state index contributed by atoms with van der Waals surface area (Å²) in [6.07, 6.45) is 1.47. The normalized spacial score (nSPS) is 11.3. The van der Waals surface area contributed by atoms with E-state index in [0.717, 1.165) is 0 Å². The number of benzene rings is 1. The highest BCUT2D eigenvalue weighted by Crippen LogP contribution is 2.14. The lowest BCUT2D eigenvalue weighted by atomic mass is 10.2. The maximum absolute atomic E-state index is 12.2. The molecule has 10 heteroatoms. The molecule has 0 aliphatic rings. The summed E-state index contributed by atoms with van der Waals surface area (Å²) >= 11 is 1.19. The van der Waals surface area contributed by atoms with Gasteiger partial charge in [0.05, 0.1) is 17.7 Å². The molecule has 0 saturated heterocycles. The van der Waals surface area contributed by atoms with E-state index in [2.05, 4.69) is 20.2 Å². The Hall–Kier alpha value is -2.56. The number of hydrogen-bond acceptors (Lipinski definition) is 7.